The van der Waals surface area contributed by atoms with E-state index in [4.69, 9.17) is 5.11 Å². The molecule has 0 heterocycles. The van der Waals surface area contributed by atoms with Crippen LogP contribution in [0.1, 0.15) is 0 Å². The number of aliphatic imine (C=N–C) groups is 1. The molecule has 0 radical (unpaired) electrons. The Hall–Kier alpha value is -0.930. The molecule has 3 heteroatoms. The normalized spacial score (nSPS) is 11.4. The van der Waals surface area contributed by atoms with Crippen LogP contribution in [0.5, 0.6) is 0 Å². The van der Waals surface area contributed by atoms with Gasteiger partial charge in [-0.25, -0.2) is 0 Å². The summed E-state index contributed by atoms with van der Waals surface area (Å²) in [6.45, 7) is 4.98. The van der Waals surface area contributed by atoms with Crippen LogP contribution in [0.25, 0.3) is 0 Å². The van der Waals surface area contributed by atoms with Gasteiger partial charge in [-0.1, -0.05) is 12.7 Å². The summed E-state index contributed by atoms with van der Waals surface area (Å²) in [7, 11) is 0. The first kappa shape index (κ1) is 10.1. The van der Waals surface area contributed by atoms with E-state index in [1.165, 1.54) is 6.20 Å². The van der Waals surface area contributed by atoms with Gasteiger partial charge in [-0.15, -0.1) is 0 Å². The van der Waals surface area contributed by atoms with Crippen molar-refractivity contribution in [3.05, 3.63) is 24.9 Å². The third kappa shape index (κ3) is 9.07. The Morgan fingerprint density at radius 1 is 1.55 bits per heavy atom. The number of hydrogen-bond acceptors (Lipinski definition) is 3. The molecular weight excluding hydrogens is 140 g/mol. The van der Waals surface area contributed by atoms with Crippen molar-refractivity contribution >= 4 is 6.21 Å². The Kier molecular flexibility index (Phi) is 8.30. The largest absolute Gasteiger partial charge is 0.395 e. The molecule has 0 spiro atoms. The van der Waals surface area contributed by atoms with E-state index in [2.05, 4.69) is 16.9 Å². The fraction of sp³-hybridized carbons (Fsp3) is 0.375. The number of allylic oxidation sites excluding steroid dienone is 1. The van der Waals surface area contributed by atoms with E-state index >= 15 is 0 Å². The molecule has 3 nitrogen and oxygen atoms in total. The Bertz CT molecular complexity index is 141. The van der Waals surface area contributed by atoms with Crippen molar-refractivity contribution < 1.29 is 5.11 Å². The fourth-order valence-electron chi connectivity index (χ4n) is 0.504. The maximum absolute atomic E-state index is 8.38. The number of hydrogen-bond donors (Lipinski definition) is 2. The molecule has 0 rings (SSSR count). The van der Waals surface area contributed by atoms with Gasteiger partial charge in [0.1, 0.15) is 0 Å². The summed E-state index contributed by atoms with van der Waals surface area (Å²) >= 11 is 0. The van der Waals surface area contributed by atoms with Crippen molar-refractivity contribution in [1.82, 2.24) is 5.32 Å². The topological polar surface area (TPSA) is 44.6 Å². The number of nitrogens with one attached hydrogen (secondary N) is 1. The van der Waals surface area contributed by atoms with Gasteiger partial charge in [0.15, 0.2) is 0 Å². The van der Waals surface area contributed by atoms with E-state index in [0.29, 0.717) is 6.54 Å². The average Bonchev–Trinajstić information content (AvgIpc) is 2.03. The molecule has 0 bridgehead atoms. The van der Waals surface area contributed by atoms with Gasteiger partial charge in [-0.2, -0.15) is 0 Å². The number of nitrogens with zero attached hydrogens (tertiary/aromatic N) is 1. The monoisotopic (exact) mass is 154 g/mol. The zero-order valence-electron chi connectivity index (χ0n) is 6.53. The second-order valence-corrected chi connectivity index (χ2v) is 1.84. The van der Waals surface area contributed by atoms with Gasteiger partial charge in [0.25, 0.3) is 0 Å². The molecule has 0 saturated heterocycles. The van der Waals surface area contributed by atoms with Crippen LogP contribution in [0.15, 0.2) is 29.9 Å². The molecule has 0 aromatic heterocycles. The summed E-state index contributed by atoms with van der Waals surface area (Å²) in [4.78, 5) is 3.76. The minimum absolute atomic E-state index is 0.175. The smallest absolute Gasteiger partial charge is 0.0556 e. The Balaban J connectivity index is 3.15. The van der Waals surface area contributed by atoms with E-state index in [9.17, 15) is 0 Å². The van der Waals surface area contributed by atoms with Crippen molar-refractivity contribution in [3.8, 4) is 0 Å². The van der Waals surface area contributed by atoms with Crippen LogP contribution in [0, 0.1) is 0 Å². The summed E-state index contributed by atoms with van der Waals surface area (Å²) in [5.41, 5.74) is 0. The van der Waals surface area contributed by atoms with Gasteiger partial charge in [-0.3, -0.25) is 4.99 Å². The first-order valence-electron chi connectivity index (χ1n) is 3.52. The van der Waals surface area contributed by atoms with E-state index in [0.717, 1.165) is 6.54 Å². The molecule has 0 saturated carbocycles. The van der Waals surface area contributed by atoms with Crippen LogP contribution in [0.4, 0.5) is 0 Å². The summed E-state index contributed by atoms with van der Waals surface area (Å²) in [5, 5.41) is 11.4. The molecule has 0 aromatic rings. The predicted molar refractivity (Wildman–Crippen MR) is 47.8 cm³/mol. The Morgan fingerprint density at radius 2 is 2.36 bits per heavy atom. The first-order chi connectivity index (χ1) is 5.41. The maximum atomic E-state index is 8.38. The molecule has 0 aromatic carbocycles. The van der Waals surface area contributed by atoms with Crippen molar-refractivity contribution in [1.29, 1.82) is 0 Å². The second-order valence-electron chi connectivity index (χ2n) is 1.84. The van der Waals surface area contributed by atoms with Crippen molar-refractivity contribution in [2.24, 2.45) is 4.99 Å². The molecule has 11 heavy (non-hydrogen) atoms. The third-order valence-electron chi connectivity index (χ3n) is 0.964. The number of rotatable bonds is 6. The summed E-state index contributed by atoms with van der Waals surface area (Å²) in [6, 6.07) is 0. The second kappa shape index (κ2) is 9.07. The first-order valence-corrected chi connectivity index (χ1v) is 3.52. The lowest BCUT2D eigenvalue weighted by Crippen LogP contribution is -2.17. The molecule has 0 fully saturated rings. The highest BCUT2D eigenvalue weighted by atomic mass is 16.3. The lowest BCUT2D eigenvalue weighted by Gasteiger charge is -1.93. The minimum atomic E-state index is 0.175. The standard InChI is InChI=1S/C8H14N2O/c1-2-9-5-3-4-6-10-7-8-11/h2-5,10-11H,1,6-8H2/b4-3+,9-5?. The van der Waals surface area contributed by atoms with Gasteiger partial charge >= 0.3 is 0 Å². The highest BCUT2D eigenvalue weighted by Gasteiger charge is 1.76. The van der Waals surface area contributed by atoms with Crippen molar-refractivity contribution in [3.63, 3.8) is 0 Å². The zero-order valence-corrected chi connectivity index (χ0v) is 6.53. The van der Waals surface area contributed by atoms with Crippen LogP contribution in [-0.4, -0.2) is 31.0 Å². The van der Waals surface area contributed by atoms with Crippen LogP contribution in [-0.2, 0) is 0 Å². The fourth-order valence-corrected chi connectivity index (χ4v) is 0.504. The minimum Gasteiger partial charge on any atom is -0.395 e. The molecule has 0 atom stereocenters. The van der Waals surface area contributed by atoms with E-state index < -0.39 is 0 Å². The average molecular weight is 154 g/mol. The highest BCUT2D eigenvalue weighted by Crippen LogP contribution is 1.69. The molecule has 0 aliphatic heterocycles. The van der Waals surface area contributed by atoms with E-state index in [1.54, 1.807) is 6.21 Å². The van der Waals surface area contributed by atoms with E-state index in [-0.39, 0.29) is 6.61 Å². The lowest BCUT2D eigenvalue weighted by atomic mass is 10.5. The molecule has 0 unspecified atom stereocenters. The number of aliphatic hydroxyl groups is 1. The predicted octanol–water partition coefficient (Wildman–Crippen LogP) is 0.339. The van der Waals surface area contributed by atoms with Crippen molar-refractivity contribution in [2.75, 3.05) is 19.7 Å². The van der Waals surface area contributed by atoms with Crippen LogP contribution in [0.2, 0.25) is 0 Å². The van der Waals surface area contributed by atoms with Gasteiger partial charge in [0, 0.05) is 25.5 Å². The summed E-state index contributed by atoms with van der Waals surface area (Å²) < 4.78 is 0. The Morgan fingerprint density at radius 3 is 3.00 bits per heavy atom. The molecule has 0 aliphatic rings. The Labute approximate surface area is 67.2 Å². The van der Waals surface area contributed by atoms with Crippen LogP contribution in [0.3, 0.4) is 0 Å². The quantitative estimate of drug-likeness (QED) is 0.428. The van der Waals surface area contributed by atoms with Gasteiger partial charge in [0.2, 0.25) is 0 Å². The molecule has 0 aliphatic carbocycles. The number of aliphatic hydroxyl groups excluding tert-OH is 1. The van der Waals surface area contributed by atoms with Gasteiger partial charge < -0.3 is 10.4 Å². The van der Waals surface area contributed by atoms with E-state index in [1.807, 2.05) is 12.2 Å². The third-order valence-corrected chi connectivity index (χ3v) is 0.964. The highest BCUT2D eigenvalue weighted by molar-refractivity contribution is 5.71. The SMILES string of the molecule is C=CN=C/C=C/CNCCO. The van der Waals surface area contributed by atoms with Gasteiger partial charge in [-0.05, 0) is 6.08 Å². The van der Waals surface area contributed by atoms with Crippen LogP contribution < -0.4 is 5.32 Å². The molecule has 62 valence electrons. The molecule has 0 amide bonds. The lowest BCUT2D eigenvalue weighted by molar-refractivity contribution is 0.294. The van der Waals surface area contributed by atoms with Crippen LogP contribution >= 0.6 is 0 Å². The van der Waals surface area contributed by atoms with Crippen molar-refractivity contribution in [2.45, 2.75) is 0 Å². The summed E-state index contributed by atoms with van der Waals surface area (Å²) in [6.07, 6.45) is 6.88. The van der Waals surface area contributed by atoms with Gasteiger partial charge in [0.05, 0.1) is 6.61 Å². The maximum Gasteiger partial charge on any atom is 0.0556 e. The summed E-state index contributed by atoms with van der Waals surface area (Å²) in [5.74, 6) is 0. The zero-order chi connectivity index (χ0) is 8.36. The molecular formula is C8H14N2O. The molecule has 2 N–H and O–H groups in total.